The minimum absolute atomic E-state index is 0.595. The third-order valence-corrected chi connectivity index (χ3v) is 3.79. The number of nitrogens with one attached hydrogen (secondary N) is 1. The van der Waals surface area contributed by atoms with E-state index in [1.54, 1.807) is 14.2 Å². The first-order valence-corrected chi connectivity index (χ1v) is 7.38. The van der Waals surface area contributed by atoms with Crippen molar-refractivity contribution in [3.05, 3.63) is 22.7 Å². The summed E-state index contributed by atoms with van der Waals surface area (Å²) in [5.74, 6) is 1.25. The van der Waals surface area contributed by atoms with E-state index in [1.165, 1.54) is 0 Å². The Balaban J connectivity index is 2.56. The molecule has 0 unspecified atom stereocenters. The highest BCUT2D eigenvalue weighted by Crippen LogP contribution is 2.37. The number of halogens is 1. The van der Waals surface area contributed by atoms with Crippen LogP contribution in [-0.4, -0.2) is 45.3 Å². The summed E-state index contributed by atoms with van der Waals surface area (Å²) in [4.78, 5) is 2.38. The summed E-state index contributed by atoms with van der Waals surface area (Å²) in [5.41, 5.74) is 1.02. The molecule has 0 aromatic heterocycles. The Bertz CT molecular complexity index is 409. The van der Waals surface area contributed by atoms with Gasteiger partial charge < -0.3 is 19.7 Å². The van der Waals surface area contributed by atoms with E-state index in [0.717, 1.165) is 38.3 Å². The third-order valence-electron chi connectivity index (χ3n) is 3.38. The molecule has 1 N–H and O–H groups in total. The molecule has 0 heterocycles. The zero-order chi connectivity index (χ0) is 15.0. The zero-order valence-electron chi connectivity index (χ0n) is 12.8. The highest BCUT2D eigenvalue weighted by atomic mass is 35.5. The van der Waals surface area contributed by atoms with Crippen molar-refractivity contribution in [1.82, 2.24) is 10.2 Å². The van der Waals surface area contributed by atoms with E-state index in [0.29, 0.717) is 16.5 Å². The minimum Gasteiger partial charge on any atom is -0.493 e. The van der Waals surface area contributed by atoms with E-state index >= 15 is 0 Å². The van der Waals surface area contributed by atoms with Gasteiger partial charge in [0.2, 0.25) is 0 Å². The standard InChI is InChI=1S/C15H25ClN2O2/c1-5-18(6-2)10-9-17-11-12-7-8-13(19-3)15(20-4)14(12)16/h7-8,17H,5-6,9-11H2,1-4H3. The fraction of sp³-hybridized carbons (Fsp3) is 0.600. The quantitative estimate of drug-likeness (QED) is 0.711. The number of nitrogens with zero attached hydrogens (tertiary/aromatic N) is 1. The van der Waals surface area contributed by atoms with Crippen LogP contribution in [0.15, 0.2) is 12.1 Å². The van der Waals surface area contributed by atoms with Gasteiger partial charge in [0.25, 0.3) is 0 Å². The van der Waals surface area contributed by atoms with Crippen LogP contribution in [0, 0.1) is 0 Å². The summed E-state index contributed by atoms with van der Waals surface area (Å²) in [6.07, 6.45) is 0. The lowest BCUT2D eigenvalue weighted by molar-refractivity contribution is 0.302. The third kappa shape index (κ3) is 4.54. The van der Waals surface area contributed by atoms with Gasteiger partial charge in [-0.3, -0.25) is 0 Å². The lowest BCUT2D eigenvalue weighted by Crippen LogP contribution is -2.31. The van der Waals surface area contributed by atoms with Gasteiger partial charge in [-0.05, 0) is 24.7 Å². The van der Waals surface area contributed by atoms with Gasteiger partial charge in [-0.15, -0.1) is 0 Å². The molecule has 0 saturated heterocycles. The largest absolute Gasteiger partial charge is 0.493 e. The first kappa shape index (κ1) is 17.1. The van der Waals surface area contributed by atoms with Gasteiger partial charge in [-0.1, -0.05) is 31.5 Å². The first-order chi connectivity index (χ1) is 9.67. The smallest absolute Gasteiger partial charge is 0.179 e. The number of methoxy groups -OCH3 is 2. The monoisotopic (exact) mass is 300 g/mol. The fourth-order valence-electron chi connectivity index (χ4n) is 2.07. The predicted molar refractivity (Wildman–Crippen MR) is 84.1 cm³/mol. The molecule has 0 amide bonds. The average molecular weight is 301 g/mol. The molecule has 114 valence electrons. The molecule has 0 aliphatic heterocycles. The molecule has 0 spiro atoms. The maximum Gasteiger partial charge on any atom is 0.179 e. The van der Waals surface area contributed by atoms with Crippen molar-refractivity contribution in [2.45, 2.75) is 20.4 Å². The van der Waals surface area contributed by atoms with Crippen LogP contribution in [0.1, 0.15) is 19.4 Å². The van der Waals surface area contributed by atoms with Gasteiger partial charge in [0.1, 0.15) is 0 Å². The number of ether oxygens (including phenoxy) is 2. The summed E-state index contributed by atoms with van der Waals surface area (Å²) >= 11 is 6.33. The van der Waals surface area contributed by atoms with Crippen molar-refractivity contribution >= 4 is 11.6 Å². The van der Waals surface area contributed by atoms with Crippen LogP contribution in [0.3, 0.4) is 0 Å². The average Bonchev–Trinajstić information content (AvgIpc) is 2.48. The maximum atomic E-state index is 6.33. The molecule has 1 aromatic rings. The topological polar surface area (TPSA) is 33.7 Å². The summed E-state index contributed by atoms with van der Waals surface area (Å²) in [7, 11) is 3.21. The molecule has 0 aliphatic rings. The number of benzene rings is 1. The molecule has 5 heteroatoms. The molecular formula is C15H25ClN2O2. The van der Waals surface area contributed by atoms with Gasteiger partial charge in [0, 0.05) is 19.6 Å². The van der Waals surface area contributed by atoms with Crippen molar-refractivity contribution in [3.8, 4) is 11.5 Å². The first-order valence-electron chi connectivity index (χ1n) is 7.00. The Morgan fingerprint density at radius 2 is 1.85 bits per heavy atom. The van der Waals surface area contributed by atoms with Gasteiger partial charge in [-0.25, -0.2) is 0 Å². The van der Waals surface area contributed by atoms with Gasteiger partial charge in [0.05, 0.1) is 19.2 Å². The molecule has 0 fully saturated rings. The summed E-state index contributed by atoms with van der Waals surface area (Å²) < 4.78 is 10.5. The Labute approximate surface area is 127 Å². The molecule has 4 nitrogen and oxygen atoms in total. The Morgan fingerprint density at radius 3 is 2.40 bits per heavy atom. The van der Waals surface area contributed by atoms with E-state index in [1.807, 2.05) is 12.1 Å². The molecule has 1 rings (SSSR count). The van der Waals surface area contributed by atoms with E-state index in [-0.39, 0.29) is 0 Å². The maximum absolute atomic E-state index is 6.33. The fourth-order valence-corrected chi connectivity index (χ4v) is 2.37. The van der Waals surface area contributed by atoms with Gasteiger partial charge >= 0.3 is 0 Å². The Morgan fingerprint density at radius 1 is 1.15 bits per heavy atom. The number of hydrogen-bond donors (Lipinski definition) is 1. The Kier molecular flexibility index (Phi) is 7.73. The van der Waals surface area contributed by atoms with Crippen molar-refractivity contribution in [3.63, 3.8) is 0 Å². The van der Waals surface area contributed by atoms with E-state index < -0.39 is 0 Å². The van der Waals surface area contributed by atoms with Crippen molar-refractivity contribution in [2.24, 2.45) is 0 Å². The van der Waals surface area contributed by atoms with Crippen LogP contribution in [0.5, 0.6) is 11.5 Å². The SMILES string of the molecule is CCN(CC)CCNCc1ccc(OC)c(OC)c1Cl. The molecule has 0 bridgehead atoms. The van der Waals surface area contributed by atoms with Crippen LogP contribution < -0.4 is 14.8 Å². The second-order valence-corrected chi connectivity index (χ2v) is 4.86. The number of rotatable bonds is 9. The summed E-state index contributed by atoms with van der Waals surface area (Å²) in [6.45, 7) is 9.21. The highest BCUT2D eigenvalue weighted by Gasteiger charge is 2.12. The molecule has 0 aliphatic carbocycles. The molecule has 1 aromatic carbocycles. The van der Waals surface area contributed by atoms with Crippen LogP contribution in [0.2, 0.25) is 5.02 Å². The van der Waals surface area contributed by atoms with Crippen molar-refractivity contribution in [1.29, 1.82) is 0 Å². The molecular weight excluding hydrogens is 276 g/mol. The summed E-state index contributed by atoms with van der Waals surface area (Å²) in [6, 6.07) is 3.85. The molecule has 0 atom stereocenters. The van der Waals surface area contributed by atoms with Crippen LogP contribution >= 0.6 is 11.6 Å². The summed E-state index contributed by atoms with van der Waals surface area (Å²) in [5, 5.41) is 4.02. The van der Waals surface area contributed by atoms with Gasteiger partial charge in [-0.2, -0.15) is 0 Å². The minimum atomic E-state index is 0.595. The predicted octanol–water partition coefficient (Wildman–Crippen LogP) is 2.79. The second-order valence-electron chi connectivity index (χ2n) is 4.48. The van der Waals surface area contributed by atoms with Crippen LogP contribution in [0.4, 0.5) is 0 Å². The molecule has 20 heavy (non-hydrogen) atoms. The van der Waals surface area contributed by atoms with E-state index in [9.17, 15) is 0 Å². The van der Waals surface area contributed by atoms with Gasteiger partial charge in [0.15, 0.2) is 11.5 Å². The zero-order valence-corrected chi connectivity index (χ0v) is 13.6. The van der Waals surface area contributed by atoms with E-state index in [4.69, 9.17) is 21.1 Å². The molecule has 0 radical (unpaired) electrons. The lowest BCUT2D eigenvalue weighted by Gasteiger charge is -2.18. The van der Waals surface area contributed by atoms with Crippen molar-refractivity contribution in [2.75, 3.05) is 40.4 Å². The number of hydrogen-bond acceptors (Lipinski definition) is 4. The molecule has 0 saturated carbocycles. The highest BCUT2D eigenvalue weighted by molar-refractivity contribution is 6.33. The second kappa shape index (κ2) is 9.06. The van der Waals surface area contributed by atoms with Crippen LogP contribution in [-0.2, 0) is 6.54 Å². The van der Waals surface area contributed by atoms with Crippen LogP contribution in [0.25, 0.3) is 0 Å². The van der Waals surface area contributed by atoms with Crippen molar-refractivity contribution < 1.29 is 9.47 Å². The Hall–Kier alpha value is -0.970. The number of likely N-dealkylation sites (N-methyl/N-ethyl adjacent to an activating group) is 1. The normalized spacial score (nSPS) is 10.9. The lowest BCUT2D eigenvalue weighted by atomic mass is 10.2. The van der Waals surface area contributed by atoms with E-state index in [2.05, 4.69) is 24.1 Å².